The SMILES string of the molecule is CS(=O)(=O)Nc1cc2oc(=O)c([N+](=O)[O-])c(O)c2cc1Oc1ccccc1. The summed E-state index contributed by atoms with van der Waals surface area (Å²) in [7, 11) is -3.72. The minimum Gasteiger partial charge on any atom is -0.501 e. The Kier molecular flexibility index (Phi) is 4.45. The molecule has 0 saturated carbocycles. The van der Waals surface area contributed by atoms with E-state index in [1.165, 1.54) is 0 Å². The van der Waals surface area contributed by atoms with Crippen LogP contribution in [0.1, 0.15) is 0 Å². The van der Waals surface area contributed by atoms with Gasteiger partial charge in [-0.15, -0.1) is 0 Å². The van der Waals surface area contributed by atoms with Crippen molar-refractivity contribution < 1.29 is 27.6 Å². The fourth-order valence-electron chi connectivity index (χ4n) is 2.34. The Balaban J connectivity index is 2.27. The quantitative estimate of drug-likeness (QED) is 0.382. The third-order valence-corrected chi connectivity index (χ3v) is 4.00. The van der Waals surface area contributed by atoms with Crippen molar-refractivity contribution in [2.24, 2.45) is 0 Å². The van der Waals surface area contributed by atoms with E-state index in [0.29, 0.717) is 5.75 Å². The molecule has 0 unspecified atom stereocenters. The lowest BCUT2D eigenvalue weighted by atomic mass is 10.1. The standard InChI is InChI=1S/C16H12N2O8S/c1-27(23,24)17-11-8-12-10(15(19)14(18(21)22)16(20)26-12)7-13(11)25-9-5-3-2-4-6-9/h2-8,17,19H,1H3. The molecule has 0 aliphatic rings. The number of nitrogens with one attached hydrogen (secondary N) is 1. The molecular formula is C16H12N2O8S. The Morgan fingerprint density at radius 3 is 2.48 bits per heavy atom. The number of hydrogen-bond acceptors (Lipinski definition) is 8. The van der Waals surface area contributed by atoms with Crippen molar-refractivity contribution in [2.45, 2.75) is 0 Å². The van der Waals surface area contributed by atoms with Gasteiger partial charge in [0.1, 0.15) is 11.3 Å². The average Bonchev–Trinajstić information content (AvgIpc) is 2.55. The van der Waals surface area contributed by atoms with Gasteiger partial charge in [-0.1, -0.05) is 18.2 Å². The molecule has 10 nitrogen and oxygen atoms in total. The summed E-state index contributed by atoms with van der Waals surface area (Å²) in [6, 6.07) is 10.5. The van der Waals surface area contributed by atoms with Crippen molar-refractivity contribution >= 4 is 32.4 Å². The number of benzene rings is 2. The van der Waals surface area contributed by atoms with Crippen LogP contribution in [-0.2, 0) is 10.0 Å². The van der Waals surface area contributed by atoms with E-state index in [1.54, 1.807) is 30.3 Å². The van der Waals surface area contributed by atoms with Gasteiger partial charge in [-0.3, -0.25) is 14.8 Å². The molecule has 3 aromatic rings. The first-order valence-corrected chi connectivity index (χ1v) is 9.24. The van der Waals surface area contributed by atoms with Crippen molar-refractivity contribution in [1.82, 2.24) is 0 Å². The fraction of sp³-hybridized carbons (Fsp3) is 0.0625. The molecule has 0 bridgehead atoms. The van der Waals surface area contributed by atoms with Gasteiger partial charge in [0.05, 0.1) is 22.3 Å². The highest BCUT2D eigenvalue weighted by Gasteiger charge is 2.26. The number of nitro groups is 1. The topological polar surface area (TPSA) is 149 Å². The molecule has 0 fully saturated rings. The predicted molar refractivity (Wildman–Crippen MR) is 95.8 cm³/mol. The van der Waals surface area contributed by atoms with Crippen LogP contribution < -0.4 is 15.1 Å². The summed E-state index contributed by atoms with van der Waals surface area (Å²) in [4.78, 5) is 21.6. The molecule has 1 aromatic heterocycles. The van der Waals surface area contributed by atoms with Crippen LogP contribution in [0.4, 0.5) is 11.4 Å². The Bertz CT molecular complexity index is 1200. The Morgan fingerprint density at radius 1 is 1.22 bits per heavy atom. The van der Waals surface area contributed by atoms with Crippen LogP contribution in [0, 0.1) is 10.1 Å². The van der Waals surface area contributed by atoms with Crippen molar-refractivity contribution in [1.29, 1.82) is 0 Å². The maximum Gasteiger partial charge on any atom is 0.419 e. The van der Waals surface area contributed by atoms with E-state index in [9.17, 15) is 28.4 Å². The molecule has 0 saturated heterocycles. The molecule has 0 atom stereocenters. The molecule has 1 heterocycles. The fourth-order valence-corrected chi connectivity index (χ4v) is 2.90. The third kappa shape index (κ3) is 3.82. The molecule has 2 aromatic carbocycles. The normalized spacial score (nSPS) is 11.3. The third-order valence-electron chi connectivity index (χ3n) is 3.41. The van der Waals surface area contributed by atoms with Gasteiger partial charge >= 0.3 is 11.3 Å². The summed E-state index contributed by atoms with van der Waals surface area (Å²) < 4.78 is 35.9. The molecule has 27 heavy (non-hydrogen) atoms. The maximum atomic E-state index is 11.7. The van der Waals surface area contributed by atoms with E-state index in [4.69, 9.17) is 9.15 Å². The zero-order chi connectivity index (χ0) is 19.8. The van der Waals surface area contributed by atoms with Gasteiger partial charge in [-0.05, 0) is 18.2 Å². The van der Waals surface area contributed by atoms with Crippen LogP contribution in [0.3, 0.4) is 0 Å². The molecule has 11 heteroatoms. The summed E-state index contributed by atoms with van der Waals surface area (Å²) in [5, 5.41) is 20.9. The van der Waals surface area contributed by atoms with Gasteiger partial charge in [0.2, 0.25) is 15.8 Å². The summed E-state index contributed by atoms with van der Waals surface area (Å²) in [6.45, 7) is 0. The second kappa shape index (κ2) is 6.61. The van der Waals surface area contributed by atoms with Crippen LogP contribution in [-0.4, -0.2) is 24.7 Å². The van der Waals surface area contributed by atoms with Crippen molar-refractivity contribution in [3.8, 4) is 17.2 Å². The van der Waals surface area contributed by atoms with Gasteiger partial charge < -0.3 is 14.3 Å². The average molecular weight is 392 g/mol. The summed E-state index contributed by atoms with van der Waals surface area (Å²) in [6.07, 6.45) is 0.910. The van der Waals surface area contributed by atoms with Crippen LogP contribution in [0.25, 0.3) is 11.0 Å². The molecule has 2 N–H and O–H groups in total. The lowest BCUT2D eigenvalue weighted by Crippen LogP contribution is -2.11. The maximum absolute atomic E-state index is 11.7. The highest BCUT2D eigenvalue weighted by Crippen LogP contribution is 2.39. The number of hydrogen-bond donors (Lipinski definition) is 2. The zero-order valence-electron chi connectivity index (χ0n) is 13.7. The van der Waals surface area contributed by atoms with Crippen molar-refractivity contribution in [3.05, 3.63) is 63.0 Å². The minimum atomic E-state index is -3.72. The molecule has 3 rings (SSSR count). The van der Waals surface area contributed by atoms with E-state index >= 15 is 0 Å². The van der Waals surface area contributed by atoms with Crippen LogP contribution >= 0.6 is 0 Å². The first kappa shape index (κ1) is 18.2. The molecule has 140 valence electrons. The van der Waals surface area contributed by atoms with Gasteiger partial charge in [-0.2, -0.15) is 0 Å². The lowest BCUT2D eigenvalue weighted by Gasteiger charge is -2.13. The van der Waals surface area contributed by atoms with E-state index in [1.807, 2.05) is 0 Å². The Labute approximate surface area is 151 Å². The number of rotatable bonds is 5. The monoisotopic (exact) mass is 392 g/mol. The molecule has 0 aliphatic carbocycles. The number of ether oxygens (including phenoxy) is 1. The van der Waals surface area contributed by atoms with Crippen LogP contribution in [0.2, 0.25) is 0 Å². The minimum absolute atomic E-state index is 0.0578. The van der Waals surface area contributed by atoms with Crippen LogP contribution in [0.15, 0.2) is 51.7 Å². The number of para-hydroxylation sites is 1. The van der Waals surface area contributed by atoms with E-state index < -0.39 is 32.0 Å². The predicted octanol–water partition coefficient (Wildman–Crippen LogP) is 2.57. The van der Waals surface area contributed by atoms with Gasteiger partial charge in [-0.25, -0.2) is 13.2 Å². The summed E-state index contributed by atoms with van der Waals surface area (Å²) in [5.41, 5.74) is -2.83. The molecule has 0 amide bonds. The first-order chi connectivity index (χ1) is 12.7. The number of anilines is 1. The van der Waals surface area contributed by atoms with Gasteiger partial charge in [0.15, 0.2) is 5.75 Å². The van der Waals surface area contributed by atoms with Gasteiger partial charge in [0, 0.05) is 6.07 Å². The van der Waals surface area contributed by atoms with E-state index in [0.717, 1.165) is 18.4 Å². The van der Waals surface area contributed by atoms with E-state index in [-0.39, 0.29) is 22.4 Å². The van der Waals surface area contributed by atoms with Gasteiger partial charge in [0.25, 0.3) is 0 Å². The van der Waals surface area contributed by atoms with E-state index in [2.05, 4.69) is 4.72 Å². The zero-order valence-corrected chi connectivity index (χ0v) is 14.5. The molecular weight excluding hydrogens is 380 g/mol. The largest absolute Gasteiger partial charge is 0.501 e. The lowest BCUT2D eigenvalue weighted by molar-refractivity contribution is -0.388. The highest BCUT2D eigenvalue weighted by molar-refractivity contribution is 7.92. The highest BCUT2D eigenvalue weighted by atomic mass is 32.2. The summed E-state index contributed by atoms with van der Waals surface area (Å²) in [5.74, 6) is -0.618. The molecule has 0 radical (unpaired) electrons. The van der Waals surface area contributed by atoms with Crippen molar-refractivity contribution in [2.75, 3.05) is 11.0 Å². The Hall–Kier alpha value is -3.60. The number of sulfonamides is 1. The number of fused-ring (bicyclic) bond motifs is 1. The van der Waals surface area contributed by atoms with Crippen molar-refractivity contribution in [3.63, 3.8) is 0 Å². The molecule has 0 spiro atoms. The first-order valence-electron chi connectivity index (χ1n) is 7.34. The second-order valence-corrected chi connectivity index (χ2v) is 7.23. The second-order valence-electron chi connectivity index (χ2n) is 5.48. The van der Waals surface area contributed by atoms with Crippen LogP contribution in [0.5, 0.6) is 17.2 Å². The number of aromatic hydroxyl groups is 1. The summed E-state index contributed by atoms with van der Waals surface area (Å²) >= 11 is 0. The number of nitrogens with zero attached hydrogens (tertiary/aromatic N) is 1. The Morgan fingerprint density at radius 2 is 1.89 bits per heavy atom. The molecule has 0 aliphatic heterocycles. The smallest absolute Gasteiger partial charge is 0.419 e.